The minimum atomic E-state index is -0.231. The summed E-state index contributed by atoms with van der Waals surface area (Å²) in [5, 5.41) is 9.10. The van der Waals surface area contributed by atoms with E-state index < -0.39 is 0 Å². The molecule has 2 heterocycles. The van der Waals surface area contributed by atoms with Crippen molar-refractivity contribution in [3.63, 3.8) is 0 Å². The number of methoxy groups -OCH3 is 2. The summed E-state index contributed by atoms with van der Waals surface area (Å²) < 4.78 is 11.1. The van der Waals surface area contributed by atoms with Crippen LogP contribution in [0.1, 0.15) is 43.4 Å². The van der Waals surface area contributed by atoms with Gasteiger partial charge >= 0.3 is 6.03 Å². The summed E-state index contributed by atoms with van der Waals surface area (Å²) >= 11 is 0. The Balaban J connectivity index is 1.77. The second-order valence-electron chi connectivity index (χ2n) is 8.98. The Morgan fingerprint density at radius 2 is 1.67 bits per heavy atom. The van der Waals surface area contributed by atoms with Crippen LogP contribution in [0, 0.1) is 5.92 Å². The van der Waals surface area contributed by atoms with E-state index in [4.69, 9.17) is 14.6 Å². The highest BCUT2D eigenvalue weighted by atomic mass is 16.5. The van der Waals surface area contributed by atoms with Crippen LogP contribution in [0.25, 0.3) is 0 Å². The lowest BCUT2D eigenvalue weighted by molar-refractivity contribution is 0.184. The number of hydrogen-bond donors (Lipinski definition) is 1. The molecular weight excluding hydrogens is 416 g/mol. The van der Waals surface area contributed by atoms with Gasteiger partial charge < -0.3 is 19.7 Å². The second-order valence-corrected chi connectivity index (χ2v) is 8.98. The van der Waals surface area contributed by atoms with Crippen LogP contribution in [-0.2, 0) is 6.42 Å². The number of carbonyl (C=O) groups excluding carboxylic acids is 1. The maximum Gasteiger partial charge on any atom is 0.337 e. The average molecular weight is 451 g/mol. The normalized spacial score (nSPS) is 18.8. The molecule has 0 saturated carbocycles. The van der Waals surface area contributed by atoms with Gasteiger partial charge in [-0.15, -0.1) is 0 Å². The zero-order chi connectivity index (χ0) is 23.5. The summed E-state index contributed by atoms with van der Waals surface area (Å²) in [4.78, 5) is 15.1. The predicted octanol–water partition coefficient (Wildman–Crippen LogP) is 4.28. The van der Waals surface area contributed by atoms with Crippen LogP contribution in [0.3, 0.4) is 0 Å². The number of piperidine rings is 1. The standard InChI is InChI=1S/C26H34N4O3/c1-17-10-12-29(13-11-17)21-8-6-19(7-9-21)25-22-16-24(33-5)23(32-4)15-20(22)14-18(2)30(28-25)26(31)27-3/h6-9,15-18H,10-14H2,1-5H3,(H,27,31)/t18-/m1/s1. The highest BCUT2D eigenvalue weighted by molar-refractivity contribution is 6.14. The number of benzene rings is 2. The van der Waals surface area contributed by atoms with Gasteiger partial charge in [-0.2, -0.15) is 5.10 Å². The lowest BCUT2D eigenvalue weighted by atomic mass is 9.93. The molecule has 2 aromatic rings. The van der Waals surface area contributed by atoms with Gasteiger partial charge in [0.2, 0.25) is 0 Å². The van der Waals surface area contributed by atoms with Gasteiger partial charge in [-0.05, 0) is 61.9 Å². The fourth-order valence-corrected chi connectivity index (χ4v) is 4.65. The van der Waals surface area contributed by atoms with Crippen LogP contribution in [0.4, 0.5) is 10.5 Å². The summed E-state index contributed by atoms with van der Waals surface area (Å²) in [6.07, 6.45) is 3.10. The number of anilines is 1. The Kier molecular flexibility index (Phi) is 6.77. The molecule has 0 aromatic heterocycles. The first-order chi connectivity index (χ1) is 15.9. The lowest BCUT2D eigenvalue weighted by Gasteiger charge is -2.32. The first-order valence-corrected chi connectivity index (χ1v) is 11.6. The van der Waals surface area contributed by atoms with Crippen molar-refractivity contribution in [2.75, 3.05) is 39.3 Å². The minimum absolute atomic E-state index is 0.117. The van der Waals surface area contributed by atoms with Gasteiger partial charge in [-0.3, -0.25) is 0 Å². The van der Waals surface area contributed by atoms with Crippen LogP contribution < -0.4 is 19.7 Å². The van der Waals surface area contributed by atoms with Crippen molar-refractivity contribution in [2.45, 2.75) is 39.2 Å². The van der Waals surface area contributed by atoms with Gasteiger partial charge in [-0.25, -0.2) is 9.80 Å². The number of ether oxygens (including phenoxy) is 2. The molecule has 1 N–H and O–H groups in total. The SMILES string of the molecule is CNC(=O)N1N=C(c2ccc(N3CCC(C)CC3)cc2)c2cc(OC)c(OC)cc2C[C@H]1C. The maximum atomic E-state index is 12.6. The highest BCUT2D eigenvalue weighted by Gasteiger charge is 2.28. The maximum absolute atomic E-state index is 12.6. The van der Waals surface area contributed by atoms with E-state index in [9.17, 15) is 4.79 Å². The number of amides is 2. The van der Waals surface area contributed by atoms with E-state index in [2.05, 4.69) is 41.4 Å². The lowest BCUT2D eigenvalue weighted by Crippen LogP contribution is -2.41. The third-order valence-corrected chi connectivity index (χ3v) is 6.72. The zero-order valence-electron chi connectivity index (χ0n) is 20.2. The monoisotopic (exact) mass is 450 g/mol. The molecule has 1 saturated heterocycles. The minimum Gasteiger partial charge on any atom is -0.493 e. The van der Waals surface area contributed by atoms with Crippen LogP contribution in [0.5, 0.6) is 11.5 Å². The molecule has 0 spiro atoms. The van der Waals surface area contributed by atoms with Crippen molar-refractivity contribution in [1.29, 1.82) is 0 Å². The number of hydrogen-bond acceptors (Lipinski definition) is 5. The van der Waals surface area contributed by atoms with Crippen LogP contribution >= 0.6 is 0 Å². The largest absolute Gasteiger partial charge is 0.493 e. The van der Waals surface area contributed by atoms with E-state index in [0.29, 0.717) is 17.9 Å². The number of hydrazone groups is 1. The van der Waals surface area contributed by atoms with E-state index >= 15 is 0 Å². The Labute approximate surface area is 196 Å². The molecule has 1 atom stereocenters. The first-order valence-electron chi connectivity index (χ1n) is 11.6. The van der Waals surface area contributed by atoms with E-state index in [1.165, 1.54) is 23.5 Å². The first kappa shape index (κ1) is 23.0. The molecule has 2 amide bonds. The predicted molar refractivity (Wildman–Crippen MR) is 132 cm³/mol. The van der Waals surface area contributed by atoms with Gasteiger partial charge in [0.25, 0.3) is 0 Å². The summed E-state index contributed by atoms with van der Waals surface area (Å²) in [7, 11) is 4.89. The van der Waals surface area contributed by atoms with Crippen molar-refractivity contribution in [1.82, 2.24) is 10.3 Å². The molecular formula is C26H34N4O3. The molecule has 176 valence electrons. The molecule has 33 heavy (non-hydrogen) atoms. The highest BCUT2D eigenvalue weighted by Crippen LogP contribution is 2.35. The van der Waals surface area contributed by atoms with Crippen molar-refractivity contribution in [2.24, 2.45) is 11.0 Å². The number of urea groups is 1. The van der Waals surface area contributed by atoms with E-state index in [0.717, 1.165) is 41.4 Å². The van der Waals surface area contributed by atoms with Crippen molar-refractivity contribution < 1.29 is 14.3 Å². The fraction of sp³-hybridized carbons (Fsp3) is 0.462. The molecule has 0 radical (unpaired) electrons. The molecule has 2 aromatic carbocycles. The van der Waals surface area contributed by atoms with E-state index in [-0.39, 0.29) is 12.1 Å². The smallest absolute Gasteiger partial charge is 0.337 e. The Morgan fingerprint density at radius 1 is 1.03 bits per heavy atom. The Morgan fingerprint density at radius 3 is 2.27 bits per heavy atom. The fourth-order valence-electron chi connectivity index (χ4n) is 4.65. The van der Waals surface area contributed by atoms with Gasteiger partial charge in [0.15, 0.2) is 11.5 Å². The Hall–Kier alpha value is -3.22. The third kappa shape index (κ3) is 4.63. The average Bonchev–Trinajstić information content (AvgIpc) is 2.98. The topological polar surface area (TPSA) is 66.4 Å². The van der Waals surface area contributed by atoms with Crippen LogP contribution in [0.2, 0.25) is 0 Å². The quantitative estimate of drug-likeness (QED) is 0.755. The van der Waals surface area contributed by atoms with Gasteiger partial charge in [-0.1, -0.05) is 19.1 Å². The van der Waals surface area contributed by atoms with Crippen molar-refractivity contribution in [3.05, 3.63) is 53.1 Å². The zero-order valence-corrected chi connectivity index (χ0v) is 20.2. The number of carbonyl (C=O) groups is 1. The van der Waals surface area contributed by atoms with Crippen molar-refractivity contribution in [3.8, 4) is 11.5 Å². The Bertz CT molecular complexity index is 1030. The summed E-state index contributed by atoms with van der Waals surface area (Å²) in [5.74, 6) is 2.11. The number of nitrogens with zero attached hydrogens (tertiary/aromatic N) is 3. The van der Waals surface area contributed by atoms with Crippen LogP contribution in [-0.4, -0.2) is 57.2 Å². The number of rotatable bonds is 4. The molecule has 7 nitrogen and oxygen atoms in total. The van der Waals surface area contributed by atoms with Crippen molar-refractivity contribution >= 4 is 17.4 Å². The van der Waals surface area contributed by atoms with Gasteiger partial charge in [0, 0.05) is 37.0 Å². The summed E-state index contributed by atoms with van der Waals surface area (Å²) in [6, 6.07) is 12.1. The molecule has 2 aliphatic heterocycles. The number of nitrogens with one attached hydrogen (secondary N) is 1. The molecule has 2 aliphatic rings. The summed E-state index contributed by atoms with van der Waals surface area (Å²) in [6.45, 7) is 6.50. The number of fused-ring (bicyclic) bond motifs is 1. The van der Waals surface area contributed by atoms with E-state index in [1.807, 2.05) is 19.1 Å². The molecule has 0 unspecified atom stereocenters. The van der Waals surface area contributed by atoms with Gasteiger partial charge in [0.1, 0.15) is 0 Å². The molecule has 0 aliphatic carbocycles. The summed E-state index contributed by atoms with van der Waals surface area (Å²) in [5.41, 5.74) is 4.95. The third-order valence-electron chi connectivity index (χ3n) is 6.72. The molecule has 7 heteroatoms. The molecule has 4 rings (SSSR count). The molecule has 1 fully saturated rings. The second kappa shape index (κ2) is 9.73. The van der Waals surface area contributed by atoms with Gasteiger partial charge in [0.05, 0.1) is 26.0 Å². The van der Waals surface area contributed by atoms with Crippen LogP contribution in [0.15, 0.2) is 41.5 Å². The van der Waals surface area contributed by atoms with E-state index in [1.54, 1.807) is 21.3 Å². The molecule has 0 bridgehead atoms.